The molecule has 0 radical (unpaired) electrons. The standard InChI is InChI=1S/C14H13FN2O3/c1-3-20-14(19)13-12(18)6-7-17(16-13)11-5-4-10(15)8-9(11)2/h4-8H,3H2,1-2H3. The van der Waals surface area contributed by atoms with Crippen molar-refractivity contribution in [3.63, 3.8) is 0 Å². The number of rotatable bonds is 3. The smallest absolute Gasteiger partial charge is 0.362 e. The molecule has 2 aromatic rings. The van der Waals surface area contributed by atoms with Crippen molar-refractivity contribution in [2.75, 3.05) is 6.61 Å². The number of aromatic nitrogens is 2. The molecule has 0 unspecified atom stereocenters. The predicted octanol–water partition coefficient (Wildman–Crippen LogP) is 1.86. The Kier molecular flexibility index (Phi) is 3.93. The zero-order chi connectivity index (χ0) is 14.7. The monoisotopic (exact) mass is 276 g/mol. The molecule has 0 N–H and O–H groups in total. The number of carbonyl (C=O) groups excluding carboxylic acids is 1. The average molecular weight is 276 g/mol. The summed E-state index contributed by atoms with van der Waals surface area (Å²) in [4.78, 5) is 23.3. The summed E-state index contributed by atoms with van der Waals surface area (Å²) >= 11 is 0. The summed E-state index contributed by atoms with van der Waals surface area (Å²) < 4.78 is 19.2. The van der Waals surface area contributed by atoms with Gasteiger partial charge in [0.2, 0.25) is 11.1 Å². The van der Waals surface area contributed by atoms with Gasteiger partial charge < -0.3 is 4.74 Å². The third-order valence-electron chi connectivity index (χ3n) is 2.68. The summed E-state index contributed by atoms with van der Waals surface area (Å²) in [7, 11) is 0. The normalized spacial score (nSPS) is 10.3. The number of aryl methyl sites for hydroxylation is 1. The van der Waals surface area contributed by atoms with Crippen LogP contribution in [-0.4, -0.2) is 22.4 Å². The largest absolute Gasteiger partial charge is 0.461 e. The zero-order valence-electron chi connectivity index (χ0n) is 11.1. The number of ether oxygens (including phenoxy) is 1. The van der Waals surface area contributed by atoms with Crippen molar-refractivity contribution in [2.45, 2.75) is 13.8 Å². The van der Waals surface area contributed by atoms with Crippen LogP contribution in [0, 0.1) is 12.7 Å². The molecule has 104 valence electrons. The highest BCUT2D eigenvalue weighted by molar-refractivity contribution is 5.86. The molecule has 0 aliphatic rings. The highest BCUT2D eigenvalue weighted by atomic mass is 19.1. The van der Waals surface area contributed by atoms with Gasteiger partial charge in [0, 0.05) is 12.3 Å². The van der Waals surface area contributed by atoms with E-state index in [4.69, 9.17) is 4.74 Å². The summed E-state index contributed by atoms with van der Waals surface area (Å²) in [5, 5.41) is 3.96. The minimum Gasteiger partial charge on any atom is -0.461 e. The Hall–Kier alpha value is -2.50. The molecule has 0 spiro atoms. The maximum Gasteiger partial charge on any atom is 0.362 e. The lowest BCUT2D eigenvalue weighted by atomic mass is 10.2. The summed E-state index contributed by atoms with van der Waals surface area (Å²) in [5.41, 5.74) is 0.408. The third kappa shape index (κ3) is 2.74. The Morgan fingerprint density at radius 3 is 2.80 bits per heavy atom. The van der Waals surface area contributed by atoms with E-state index < -0.39 is 11.4 Å². The average Bonchev–Trinajstić information content (AvgIpc) is 2.40. The lowest BCUT2D eigenvalue weighted by Crippen LogP contribution is -2.22. The molecule has 0 fully saturated rings. The van der Waals surface area contributed by atoms with E-state index in [-0.39, 0.29) is 18.1 Å². The molecule has 0 aliphatic carbocycles. The minimum atomic E-state index is -0.772. The molecule has 0 atom stereocenters. The summed E-state index contributed by atoms with van der Waals surface area (Å²) in [5.74, 6) is -1.13. The first-order valence-corrected chi connectivity index (χ1v) is 6.06. The second-order valence-corrected chi connectivity index (χ2v) is 4.12. The molecule has 2 rings (SSSR count). The van der Waals surface area contributed by atoms with Crippen LogP contribution in [0.2, 0.25) is 0 Å². The molecule has 1 aromatic heterocycles. The van der Waals surface area contributed by atoms with Gasteiger partial charge in [-0.1, -0.05) is 0 Å². The van der Waals surface area contributed by atoms with E-state index in [1.165, 1.54) is 35.1 Å². The maximum atomic E-state index is 13.1. The summed E-state index contributed by atoms with van der Waals surface area (Å²) in [6.07, 6.45) is 1.42. The van der Waals surface area contributed by atoms with Crippen LogP contribution in [0.1, 0.15) is 23.0 Å². The van der Waals surface area contributed by atoms with Crippen LogP contribution in [0.25, 0.3) is 5.69 Å². The van der Waals surface area contributed by atoms with E-state index >= 15 is 0 Å². The van der Waals surface area contributed by atoms with Gasteiger partial charge in [-0.05, 0) is 37.6 Å². The number of carbonyl (C=O) groups is 1. The fourth-order valence-corrected chi connectivity index (χ4v) is 1.76. The molecule has 0 saturated heterocycles. The lowest BCUT2D eigenvalue weighted by molar-refractivity contribution is 0.0515. The quantitative estimate of drug-likeness (QED) is 0.803. The van der Waals surface area contributed by atoms with Gasteiger partial charge in [-0.15, -0.1) is 0 Å². The summed E-state index contributed by atoms with van der Waals surface area (Å²) in [6, 6.07) is 5.38. The van der Waals surface area contributed by atoms with Crippen molar-refractivity contribution in [3.8, 4) is 5.69 Å². The van der Waals surface area contributed by atoms with E-state index in [0.29, 0.717) is 11.3 Å². The van der Waals surface area contributed by atoms with Gasteiger partial charge >= 0.3 is 5.97 Å². The van der Waals surface area contributed by atoms with Crippen LogP contribution in [-0.2, 0) is 4.74 Å². The van der Waals surface area contributed by atoms with Crippen LogP contribution in [0.5, 0.6) is 0 Å². The van der Waals surface area contributed by atoms with Crippen molar-refractivity contribution in [2.24, 2.45) is 0 Å². The van der Waals surface area contributed by atoms with E-state index in [1.54, 1.807) is 13.8 Å². The van der Waals surface area contributed by atoms with Crippen molar-refractivity contribution in [1.82, 2.24) is 9.78 Å². The molecular weight excluding hydrogens is 263 g/mol. The first-order valence-electron chi connectivity index (χ1n) is 6.06. The van der Waals surface area contributed by atoms with Crippen molar-refractivity contribution < 1.29 is 13.9 Å². The highest BCUT2D eigenvalue weighted by Crippen LogP contribution is 2.13. The molecule has 0 saturated carbocycles. The second kappa shape index (κ2) is 5.64. The Morgan fingerprint density at radius 2 is 2.15 bits per heavy atom. The number of esters is 1. The van der Waals surface area contributed by atoms with Gasteiger partial charge in [0.15, 0.2) is 0 Å². The van der Waals surface area contributed by atoms with E-state index in [9.17, 15) is 14.0 Å². The number of nitrogens with zero attached hydrogens (tertiary/aromatic N) is 2. The third-order valence-corrected chi connectivity index (χ3v) is 2.68. The Balaban J connectivity index is 2.51. The first kappa shape index (κ1) is 13.9. The van der Waals surface area contributed by atoms with E-state index in [1.807, 2.05) is 0 Å². The van der Waals surface area contributed by atoms with Gasteiger partial charge in [0.1, 0.15) is 5.82 Å². The van der Waals surface area contributed by atoms with Crippen LogP contribution < -0.4 is 5.43 Å². The fourth-order valence-electron chi connectivity index (χ4n) is 1.76. The van der Waals surface area contributed by atoms with Crippen LogP contribution in [0.4, 0.5) is 4.39 Å². The van der Waals surface area contributed by atoms with Gasteiger partial charge in [-0.25, -0.2) is 13.9 Å². The molecule has 1 heterocycles. The first-order chi connectivity index (χ1) is 9.52. The van der Waals surface area contributed by atoms with Crippen molar-refractivity contribution in [3.05, 3.63) is 57.8 Å². The maximum absolute atomic E-state index is 13.1. The van der Waals surface area contributed by atoms with E-state index in [2.05, 4.69) is 5.10 Å². The molecule has 1 aromatic carbocycles. The highest BCUT2D eigenvalue weighted by Gasteiger charge is 2.14. The zero-order valence-corrected chi connectivity index (χ0v) is 11.1. The Labute approximate surface area is 114 Å². The minimum absolute atomic E-state index is 0.157. The SMILES string of the molecule is CCOC(=O)c1nn(-c2ccc(F)cc2C)ccc1=O. The lowest BCUT2D eigenvalue weighted by Gasteiger charge is -2.09. The molecule has 0 amide bonds. The second-order valence-electron chi connectivity index (χ2n) is 4.12. The van der Waals surface area contributed by atoms with E-state index in [0.717, 1.165) is 0 Å². The molecule has 6 heteroatoms. The molecule has 0 bridgehead atoms. The Morgan fingerprint density at radius 1 is 1.40 bits per heavy atom. The molecule has 0 aliphatic heterocycles. The van der Waals surface area contributed by atoms with Crippen LogP contribution in [0.3, 0.4) is 0 Å². The number of halogens is 1. The molecule has 5 nitrogen and oxygen atoms in total. The van der Waals surface area contributed by atoms with Crippen LogP contribution in [0.15, 0.2) is 35.3 Å². The van der Waals surface area contributed by atoms with Crippen molar-refractivity contribution in [1.29, 1.82) is 0 Å². The van der Waals surface area contributed by atoms with Gasteiger partial charge in [-0.3, -0.25) is 4.79 Å². The topological polar surface area (TPSA) is 61.2 Å². The summed E-state index contributed by atoms with van der Waals surface area (Å²) in [6.45, 7) is 3.51. The van der Waals surface area contributed by atoms with Crippen LogP contribution >= 0.6 is 0 Å². The Bertz CT molecular complexity index is 710. The fraction of sp³-hybridized carbons (Fsp3) is 0.214. The number of hydrogen-bond donors (Lipinski definition) is 0. The van der Waals surface area contributed by atoms with Crippen molar-refractivity contribution >= 4 is 5.97 Å². The van der Waals surface area contributed by atoms with Gasteiger partial charge in [0.25, 0.3) is 0 Å². The predicted molar refractivity (Wildman–Crippen MR) is 70.5 cm³/mol. The number of hydrogen-bond acceptors (Lipinski definition) is 4. The molecule has 20 heavy (non-hydrogen) atoms. The molecular formula is C14H13FN2O3. The van der Waals surface area contributed by atoms with Gasteiger partial charge in [0.05, 0.1) is 12.3 Å². The van der Waals surface area contributed by atoms with Gasteiger partial charge in [-0.2, -0.15) is 5.10 Å². The number of benzene rings is 1.